The Morgan fingerprint density at radius 2 is 1.86 bits per heavy atom. The van der Waals surface area contributed by atoms with Gasteiger partial charge in [-0.1, -0.05) is 12.1 Å². The van der Waals surface area contributed by atoms with E-state index < -0.39 is 28.0 Å². The third-order valence-electron chi connectivity index (χ3n) is 4.62. The van der Waals surface area contributed by atoms with Gasteiger partial charge in [-0.15, -0.1) is 0 Å². The molecule has 1 heterocycles. The maximum Gasteiger partial charge on any atom is 0.243 e. The van der Waals surface area contributed by atoms with Crippen molar-refractivity contribution in [3.63, 3.8) is 0 Å². The van der Waals surface area contributed by atoms with Crippen LogP contribution in [-0.2, 0) is 10.0 Å². The highest BCUT2D eigenvalue weighted by Gasteiger charge is 2.41. The lowest BCUT2D eigenvalue weighted by Gasteiger charge is -2.28. The minimum absolute atomic E-state index is 0.00387. The van der Waals surface area contributed by atoms with Crippen molar-refractivity contribution in [3.8, 4) is 0 Å². The summed E-state index contributed by atoms with van der Waals surface area (Å²) in [6.07, 6.45) is 2.81. The van der Waals surface area contributed by atoms with Crippen LogP contribution in [0.5, 0.6) is 0 Å². The van der Waals surface area contributed by atoms with Crippen molar-refractivity contribution in [2.75, 3.05) is 13.1 Å². The molecule has 7 heteroatoms. The lowest BCUT2D eigenvalue weighted by Crippen LogP contribution is -2.47. The second-order valence-electron chi connectivity index (χ2n) is 6.04. The first kappa shape index (κ1) is 15.9. The van der Waals surface area contributed by atoms with Gasteiger partial charge in [0.2, 0.25) is 10.0 Å². The van der Waals surface area contributed by atoms with Crippen LogP contribution in [0, 0.1) is 5.82 Å². The smallest absolute Gasteiger partial charge is 0.243 e. The molecule has 1 saturated heterocycles. The summed E-state index contributed by atoms with van der Waals surface area (Å²) in [5.74, 6) is -0.779. The normalized spacial score (nSPS) is 30.0. The van der Waals surface area contributed by atoms with Gasteiger partial charge in [0.05, 0.1) is 6.10 Å². The number of likely N-dealkylation sites (tertiary alicyclic amines) is 1. The Balaban J connectivity index is 1.72. The summed E-state index contributed by atoms with van der Waals surface area (Å²) >= 11 is 0. The van der Waals surface area contributed by atoms with Crippen molar-refractivity contribution in [1.82, 2.24) is 9.62 Å². The number of aliphatic hydroxyl groups excluding tert-OH is 1. The zero-order chi connectivity index (χ0) is 15.7. The molecule has 0 spiro atoms. The maximum atomic E-state index is 13.7. The fraction of sp³-hybridized carbons (Fsp3) is 0.600. The van der Waals surface area contributed by atoms with Crippen LogP contribution in [-0.4, -0.2) is 49.7 Å². The van der Waals surface area contributed by atoms with Crippen LogP contribution in [0.25, 0.3) is 0 Å². The molecule has 2 N–H and O–H groups in total. The van der Waals surface area contributed by atoms with Crippen molar-refractivity contribution in [3.05, 3.63) is 30.1 Å². The Kier molecular flexibility index (Phi) is 4.49. The van der Waals surface area contributed by atoms with Crippen LogP contribution in [0.15, 0.2) is 29.2 Å². The van der Waals surface area contributed by atoms with E-state index in [2.05, 4.69) is 9.62 Å². The molecule has 1 aromatic carbocycles. The Bertz CT molecular complexity index is 631. The van der Waals surface area contributed by atoms with E-state index in [1.54, 1.807) is 0 Å². The molecule has 1 saturated carbocycles. The van der Waals surface area contributed by atoms with E-state index in [4.69, 9.17) is 0 Å². The molecule has 122 valence electrons. The Morgan fingerprint density at radius 3 is 2.55 bits per heavy atom. The van der Waals surface area contributed by atoms with Crippen LogP contribution in [0.1, 0.15) is 25.7 Å². The van der Waals surface area contributed by atoms with E-state index in [0.717, 1.165) is 38.4 Å². The summed E-state index contributed by atoms with van der Waals surface area (Å²) in [6.45, 7) is 1.91. The van der Waals surface area contributed by atoms with Gasteiger partial charge in [0, 0.05) is 12.1 Å². The molecule has 22 heavy (non-hydrogen) atoms. The molecular weight excluding hydrogens is 307 g/mol. The zero-order valence-corrected chi connectivity index (χ0v) is 13.1. The minimum Gasteiger partial charge on any atom is -0.390 e. The second-order valence-corrected chi connectivity index (χ2v) is 7.72. The molecule has 2 aliphatic rings. The molecule has 1 aliphatic heterocycles. The average Bonchev–Trinajstić information content (AvgIpc) is 3.10. The van der Waals surface area contributed by atoms with Crippen molar-refractivity contribution >= 4 is 10.0 Å². The molecule has 5 nitrogen and oxygen atoms in total. The van der Waals surface area contributed by atoms with Gasteiger partial charge in [0.1, 0.15) is 10.7 Å². The number of sulfonamides is 1. The van der Waals surface area contributed by atoms with Crippen LogP contribution < -0.4 is 4.72 Å². The quantitative estimate of drug-likeness (QED) is 0.868. The Labute approximate surface area is 130 Å². The van der Waals surface area contributed by atoms with Crippen LogP contribution in [0.4, 0.5) is 4.39 Å². The van der Waals surface area contributed by atoms with Gasteiger partial charge in [-0.05, 0) is 50.9 Å². The number of hydrogen-bond acceptors (Lipinski definition) is 4. The molecule has 0 radical (unpaired) electrons. The Morgan fingerprint density at radius 1 is 1.18 bits per heavy atom. The Hall–Kier alpha value is -1.02. The monoisotopic (exact) mass is 328 g/mol. The topological polar surface area (TPSA) is 69.6 Å². The maximum absolute atomic E-state index is 13.7. The standard InChI is InChI=1S/C15H21FN2O3S/c16-11-5-1-2-6-14(11)22(20,21)17-12-7-8-13(15(12)19)18-9-3-4-10-18/h1-2,5-6,12-13,15,17,19H,3-4,7-10H2/t12-,13-,15-/m1/s1. The third kappa shape index (κ3) is 3.03. The first-order chi connectivity index (χ1) is 10.5. The van der Waals surface area contributed by atoms with Crippen molar-refractivity contribution < 1.29 is 17.9 Å². The van der Waals surface area contributed by atoms with Gasteiger partial charge >= 0.3 is 0 Å². The highest BCUT2D eigenvalue weighted by Crippen LogP contribution is 2.28. The first-order valence-electron chi connectivity index (χ1n) is 7.68. The van der Waals surface area contributed by atoms with E-state index in [-0.39, 0.29) is 10.9 Å². The van der Waals surface area contributed by atoms with Crippen LogP contribution in [0.2, 0.25) is 0 Å². The van der Waals surface area contributed by atoms with Crippen molar-refractivity contribution in [2.24, 2.45) is 0 Å². The van der Waals surface area contributed by atoms with Gasteiger partial charge in [-0.25, -0.2) is 17.5 Å². The molecular formula is C15H21FN2O3S. The molecule has 0 bridgehead atoms. The molecule has 0 unspecified atom stereocenters. The summed E-state index contributed by atoms with van der Waals surface area (Å²) in [7, 11) is -3.96. The number of hydrogen-bond donors (Lipinski definition) is 2. The predicted molar refractivity (Wildman–Crippen MR) is 80.3 cm³/mol. The lowest BCUT2D eigenvalue weighted by molar-refractivity contribution is 0.0725. The zero-order valence-electron chi connectivity index (χ0n) is 12.3. The van der Waals surface area contributed by atoms with E-state index >= 15 is 0 Å². The van der Waals surface area contributed by atoms with E-state index in [0.29, 0.717) is 6.42 Å². The molecule has 0 amide bonds. The molecule has 1 aliphatic carbocycles. The van der Waals surface area contributed by atoms with E-state index in [9.17, 15) is 17.9 Å². The van der Waals surface area contributed by atoms with Crippen molar-refractivity contribution in [1.29, 1.82) is 0 Å². The summed E-state index contributed by atoms with van der Waals surface area (Å²) in [4.78, 5) is 1.86. The fourth-order valence-electron chi connectivity index (χ4n) is 3.49. The fourth-order valence-corrected chi connectivity index (χ4v) is 4.85. The summed E-state index contributed by atoms with van der Waals surface area (Å²) in [6, 6.07) is 4.72. The predicted octanol–water partition coefficient (Wildman–Crippen LogP) is 1.09. The number of halogens is 1. The molecule has 3 atom stereocenters. The largest absolute Gasteiger partial charge is 0.390 e. The number of nitrogens with one attached hydrogen (secondary N) is 1. The molecule has 0 aromatic heterocycles. The molecule has 2 fully saturated rings. The van der Waals surface area contributed by atoms with Gasteiger partial charge < -0.3 is 5.11 Å². The highest BCUT2D eigenvalue weighted by atomic mass is 32.2. The summed E-state index contributed by atoms with van der Waals surface area (Å²) in [5.41, 5.74) is 0. The summed E-state index contributed by atoms with van der Waals surface area (Å²) < 4.78 is 40.8. The number of nitrogens with zero attached hydrogens (tertiary/aromatic N) is 1. The SMILES string of the molecule is O=S(=O)(N[C@@H]1CC[C@@H](N2CCCC2)[C@@H]1O)c1ccccc1F. The third-order valence-corrected chi connectivity index (χ3v) is 6.15. The van der Waals surface area contributed by atoms with Gasteiger partial charge in [-0.2, -0.15) is 0 Å². The van der Waals surface area contributed by atoms with Gasteiger partial charge in [-0.3, -0.25) is 4.90 Å². The van der Waals surface area contributed by atoms with Gasteiger partial charge in [0.15, 0.2) is 0 Å². The van der Waals surface area contributed by atoms with E-state index in [1.165, 1.54) is 18.2 Å². The number of rotatable bonds is 4. The van der Waals surface area contributed by atoms with Gasteiger partial charge in [0.25, 0.3) is 0 Å². The second kappa shape index (κ2) is 6.23. The average molecular weight is 328 g/mol. The van der Waals surface area contributed by atoms with Crippen LogP contribution >= 0.6 is 0 Å². The minimum atomic E-state index is -3.96. The van der Waals surface area contributed by atoms with Crippen molar-refractivity contribution in [2.45, 2.75) is 48.8 Å². The molecule has 3 rings (SSSR count). The van der Waals surface area contributed by atoms with Crippen LogP contribution in [0.3, 0.4) is 0 Å². The number of benzene rings is 1. The lowest BCUT2D eigenvalue weighted by atomic mass is 10.1. The molecule has 1 aromatic rings. The number of aliphatic hydroxyl groups is 1. The van der Waals surface area contributed by atoms with E-state index in [1.807, 2.05) is 0 Å². The summed E-state index contributed by atoms with van der Waals surface area (Å²) in [5, 5.41) is 10.4. The first-order valence-corrected chi connectivity index (χ1v) is 9.16. The highest BCUT2D eigenvalue weighted by molar-refractivity contribution is 7.89.